The van der Waals surface area contributed by atoms with E-state index in [1.807, 2.05) is 27.7 Å². The van der Waals surface area contributed by atoms with Gasteiger partial charge in [0.25, 0.3) is 0 Å². The zero-order valence-corrected chi connectivity index (χ0v) is 17.6. The maximum Gasteiger partial charge on any atom is 0.106 e. The van der Waals surface area contributed by atoms with Crippen LogP contribution in [0.25, 0.3) is 0 Å². The van der Waals surface area contributed by atoms with Crippen molar-refractivity contribution in [2.45, 2.75) is 65.5 Å². The summed E-state index contributed by atoms with van der Waals surface area (Å²) in [5.41, 5.74) is 0. The summed E-state index contributed by atoms with van der Waals surface area (Å²) >= 11 is 0. The Bertz CT molecular complexity index is 152. The smallest absolute Gasteiger partial charge is 0.106 e. The zero-order chi connectivity index (χ0) is 14.6. The number of rotatable bonds is 4. The predicted molar refractivity (Wildman–Crippen MR) is 81.0 cm³/mol. The van der Waals surface area contributed by atoms with E-state index >= 15 is 0 Å². The molecule has 0 aromatic rings. The van der Waals surface area contributed by atoms with E-state index in [4.69, 9.17) is 18.9 Å². The zero-order valence-electron chi connectivity index (χ0n) is 14.8. The minimum Gasteiger partial charge on any atom is -0.545 e. The van der Waals surface area contributed by atoms with Crippen molar-refractivity contribution in [1.82, 2.24) is 0 Å². The van der Waals surface area contributed by atoms with Crippen LogP contribution in [0.15, 0.2) is 0 Å². The molecule has 4 nitrogen and oxygen atoms in total. The molecule has 0 aromatic heterocycles. The van der Waals surface area contributed by atoms with Crippen molar-refractivity contribution in [1.29, 1.82) is 0 Å². The summed E-state index contributed by atoms with van der Waals surface area (Å²) < 4.78 is 21.5. The van der Waals surface area contributed by atoms with E-state index in [1.54, 1.807) is 27.9 Å². The van der Waals surface area contributed by atoms with Crippen LogP contribution in [0.3, 0.4) is 0 Å². The van der Waals surface area contributed by atoms with Crippen LogP contribution in [-0.2, 0) is 51.7 Å². The third kappa shape index (κ3) is 9.06. The first kappa shape index (κ1) is 29.0. The Morgan fingerprint density at radius 3 is 1.65 bits per heavy atom. The van der Waals surface area contributed by atoms with E-state index < -0.39 is 0 Å². The molecule has 20 heavy (non-hydrogen) atoms. The van der Waals surface area contributed by atoms with Crippen molar-refractivity contribution in [2.75, 3.05) is 21.3 Å². The Kier molecular flexibility index (Phi) is 28.9. The summed E-state index contributed by atoms with van der Waals surface area (Å²) in [6.45, 7) is 11.8. The van der Waals surface area contributed by atoms with Crippen molar-refractivity contribution in [3.05, 3.63) is 14.0 Å². The molecular weight excluding hydrogens is 333 g/mol. The number of methoxy groups -OCH3 is 3. The third-order valence-electron chi connectivity index (χ3n) is 2.62. The molecule has 1 rings (SSSR count). The molecule has 4 unspecified atom stereocenters. The Morgan fingerprint density at radius 1 is 0.900 bits per heavy atom. The number of hydrogen-bond acceptors (Lipinski definition) is 4. The van der Waals surface area contributed by atoms with Gasteiger partial charge in [0.1, 0.15) is 6.10 Å². The fourth-order valence-electron chi connectivity index (χ4n) is 1.80. The molecule has 0 aromatic carbocycles. The third-order valence-corrected chi connectivity index (χ3v) is 2.62. The van der Waals surface area contributed by atoms with Crippen LogP contribution < -0.4 is 0 Å². The Morgan fingerprint density at radius 2 is 1.35 bits per heavy atom. The Balaban J connectivity index is -0.000000196. The second kappa shape index (κ2) is 19.9. The van der Waals surface area contributed by atoms with Gasteiger partial charge >= 0.3 is 0 Å². The largest absolute Gasteiger partial charge is 0.545 e. The SMILES string of the molecule is CC.CC.CCC1O[CH-]C(OC)C(OC)C1OC.[CH3-].[Y]. The van der Waals surface area contributed by atoms with Crippen molar-refractivity contribution in [3.8, 4) is 0 Å². The molecule has 4 atom stereocenters. The molecule has 123 valence electrons. The molecule has 1 fully saturated rings. The molecule has 1 radical (unpaired) electrons. The first-order valence-electron chi connectivity index (χ1n) is 6.85. The molecule has 1 aliphatic heterocycles. The first-order chi connectivity index (χ1) is 8.78. The molecule has 1 aliphatic rings. The molecular formula is C15H34O4Y-2. The van der Waals surface area contributed by atoms with Gasteiger partial charge in [0.05, 0.1) is 12.2 Å². The average molecular weight is 367 g/mol. The molecule has 1 heterocycles. The molecule has 0 amide bonds. The summed E-state index contributed by atoms with van der Waals surface area (Å²) in [6, 6.07) is 0. The van der Waals surface area contributed by atoms with Crippen molar-refractivity contribution in [3.63, 3.8) is 0 Å². The van der Waals surface area contributed by atoms with Gasteiger partial charge in [-0.05, 0) is 12.5 Å². The summed E-state index contributed by atoms with van der Waals surface area (Å²) in [7, 11) is 4.96. The molecule has 0 bridgehead atoms. The number of ether oxygens (including phenoxy) is 4. The van der Waals surface area contributed by atoms with Crippen molar-refractivity contribution < 1.29 is 51.7 Å². The van der Waals surface area contributed by atoms with Gasteiger partial charge < -0.3 is 26.4 Å². The van der Waals surface area contributed by atoms with Crippen LogP contribution in [0, 0.1) is 14.0 Å². The van der Waals surface area contributed by atoms with E-state index in [0.717, 1.165) is 6.42 Å². The monoisotopic (exact) mass is 367 g/mol. The molecule has 0 aliphatic carbocycles. The van der Waals surface area contributed by atoms with Crippen LogP contribution in [-0.4, -0.2) is 45.7 Å². The Hall–Kier alpha value is 0.944. The molecule has 0 spiro atoms. The van der Waals surface area contributed by atoms with Crippen LogP contribution in [0.4, 0.5) is 0 Å². The normalized spacial score (nSPS) is 27.6. The van der Waals surface area contributed by atoms with Gasteiger partial charge in [-0.25, -0.2) is 0 Å². The second-order valence-corrected chi connectivity index (χ2v) is 3.32. The van der Waals surface area contributed by atoms with E-state index in [0.29, 0.717) is 0 Å². The van der Waals surface area contributed by atoms with Crippen LogP contribution in [0.1, 0.15) is 41.0 Å². The minimum absolute atomic E-state index is 0. The Labute approximate surface area is 152 Å². The van der Waals surface area contributed by atoms with Crippen molar-refractivity contribution >= 4 is 0 Å². The van der Waals surface area contributed by atoms with Gasteiger partial charge in [-0.3, -0.25) is 0 Å². The first-order valence-corrected chi connectivity index (χ1v) is 6.85. The second-order valence-electron chi connectivity index (χ2n) is 3.32. The summed E-state index contributed by atoms with van der Waals surface area (Å²) in [5.74, 6) is 0. The van der Waals surface area contributed by atoms with Gasteiger partial charge in [0.15, 0.2) is 0 Å². The van der Waals surface area contributed by atoms with E-state index in [-0.39, 0.29) is 64.6 Å². The fraction of sp³-hybridized carbons (Fsp3) is 0.867. The quantitative estimate of drug-likeness (QED) is 0.713. The van der Waals surface area contributed by atoms with Crippen LogP contribution in [0.5, 0.6) is 0 Å². The molecule has 5 heteroatoms. The van der Waals surface area contributed by atoms with Crippen LogP contribution in [0.2, 0.25) is 0 Å². The summed E-state index contributed by atoms with van der Waals surface area (Å²) in [6.07, 6.45) is 0.624. The summed E-state index contributed by atoms with van der Waals surface area (Å²) in [5, 5.41) is 0. The fourth-order valence-corrected chi connectivity index (χ4v) is 1.80. The maximum absolute atomic E-state index is 5.51. The minimum atomic E-state index is -0.159. The van der Waals surface area contributed by atoms with Crippen molar-refractivity contribution in [2.24, 2.45) is 0 Å². The van der Waals surface area contributed by atoms with Gasteiger partial charge in [-0.15, -0.1) is 0 Å². The molecule has 0 saturated carbocycles. The standard InChI is InChI=1S/C10H19O4.2C2H6.CH3.Y/c1-5-7-9(12-3)10(13-4)8(11-2)6-14-7;2*1-2;;/h6-10H,5H2,1-4H3;2*1-2H3;1H3;/q-1;;;-1;. The van der Waals surface area contributed by atoms with E-state index in [2.05, 4.69) is 6.92 Å². The van der Waals surface area contributed by atoms with Gasteiger partial charge in [0, 0.05) is 54.0 Å². The number of hydrogen-bond donors (Lipinski definition) is 0. The van der Waals surface area contributed by atoms with E-state index in [9.17, 15) is 0 Å². The van der Waals surface area contributed by atoms with Gasteiger partial charge in [0.2, 0.25) is 0 Å². The average Bonchev–Trinajstić information content (AvgIpc) is 2.49. The molecule has 0 N–H and O–H groups in total. The topological polar surface area (TPSA) is 36.9 Å². The summed E-state index contributed by atoms with van der Waals surface area (Å²) in [4.78, 5) is 0. The van der Waals surface area contributed by atoms with Gasteiger partial charge in [-0.1, -0.05) is 34.6 Å². The van der Waals surface area contributed by atoms with Gasteiger partial charge in [-0.2, -0.15) is 6.61 Å². The molecule has 1 saturated heterocycles. The predicted octanol–water partition coefficient (Wildman–Crippen LogP) is 3.50. The van der Waals surface area contributed by atoms with E-state index in [1.165, 1.54) is 0 Å². The van der Waals surface area contributed by atoms with Crippen LogP contribution >= 0.6 is 0 Å². The maximum atomic E-state index is 5.51.